The number of amides is 1. The zero-order valence-corrected chi connectivity index (χ0v) is 17.5. The fourth-order valence-electron chi connectivity index (χ4n) is 3.51. The van der Waals surface area contributed by atoms with Crippen LogP contribution in [0, 0.1) is 12.7 Å². The zero-order valence-electron chi connectivity index (χ0n) is 16.7. The molecule has 0 spiro atoms. The van der Waals surface area contributed by atoms with Crippen LogP contribution in [0.2, 0.25) is 0 Å². The zero-order chi connectivity index (χ0) is 22.2. The maximum atomic E-state index is 13.1. The van der Waals surface area contributed by atoms with Gasteiger partial charge in [0.25, 0.3) is 5.91 Å². The third-order valence-corrected chi connectivity index (χ3v) is 7.11. The largest absolute Gasteiger partial charge is 0.451 e. The van der Waals surface area contributed by atoms with Crippen LogP contribution in [0.3, 0.4) is 0 Å². The monoisotopic (exact) mass is 445 g/mol. The molecule has 2 heterocycles. The lowest BCUT2D eigenvalue weighted by Gasteiger charge is -2.33. The molecule has 31 heavy (non-hydrogen) atoms. The molecule has 1 aliphatic heterocycles. The molecule has 1 amide bonds. The van der Waals surface area contributed by atoms with E-state index in [4.69, 9.17) is 4.42 Å². The Balaban J connectivity index is 1.54. The second-order valence-electron chi connectivity index (χ2n) is 7.25. The molecule has 1 fully saturated rings. The van der Waals surface area contributed by atoms with Crippen LogP contribution >= 0.6 is 0 Å². The number of hydrogen-bond donors (Lipinski definition) is 1. The number of nitrogens with zero attached hydrogens (tertiary/aromatic N) is 3. The summed E-state index contributed by atoms with van der Waals surface area (Å²) < 4.78 is 45.6. The van der Waals surface area contributed by atoms with Crippen molar-refractivity contribution in [1.29, 1.82) is 0 Å². The number of carbonyl (C=O) groups is 1. The van der Waals surface area contributed by atoms with Gasteiger partial charge in [-0.2, -0.15) is 4.31 Å². The number of halogens is 1. The minimum Gasteiger partial charge on any atom is -0.451 e. The van der Waals surface area contributed by atoms with Gasteiger partial charge in [-0.3, -0.25) is 4.79 Å². The molecule has 2 aromatic carbocycles. The van der Waals surface area contributed by atoms with Gasteiger partial charge in [0.2, 0.25) is 10.0 Å². The van der Waals surface area contributed by atoms with E-state index in [-0.39, 0.29) is 42.2 Å². The molecule has 162 valence electrons. The molecule has 0 atom stereocenters. The number of fused-ring (bicyclic) bond motifs is 1. The predicted octanol–water partition coefficient (Wildman–Crippen LogP) is 2.32. The van der Waals surface area contributed by atoms with Gasteiger partial charge in [-0.05, 0) is 48.9 Å². The minimum atomic E-state index is -3.78. The lowest BCUT2D eigenvalue weighted by molar-refractivity contribution is 0.0666. The van der Waals surface area contributed by atoms with Gasteiger partial charge in [0.15, 0.2) is 5.76 Å². The van der Waals surface area contributed by atoms with Crippen molar-refractivity contribution in [1.82, 2.24) is 9.21 Å². The Morgan fingerprint density at radius 3 is 2.39 bits per heavy atom. The molecule has 1 saturated heterocycles. The highest BCUT2D eigenvalue weighted by Crippen LogP contribution is 2.20. The summed E-state index contributed by atoms with van der Waals surface area (Å²) in [5, 5.41) is 13.4. The van der Waals surface area contributed by atoms with Crippen molar-refractivity contribution in [3.63, 3.8) is 0 Å². The average molecular weight is 445 g/mol. The van der Waals surface area contributed by atoms with E-state index < -0.39 is 21.7 Å². The number of benzene rings is 2. The molecular weight excluding hydrogens is 425 g/mol. The fourth-order valence-corrected chi connectivity index (χ4v) is 4.93. The number of sulfonamides is 1. The van der Waals surface area contributed by atoms with Crippen LogP contribution in [0.5, 0.6) is 0 Å². The molecule has 10 heteroatoms. The van der Waals surface area contributed by atoms with Gasteiger partial charge in [-0.15, -0.1) is 0 Å². The van der Waals surface area contributed by atoms with Crippen LogP contribution in [0.15, 0.2) is 63.0 Å². The Bertz CT molecular complexity index is 1310. The van der Waals surface area contributed by atoms with Gasteiger partial charge < -0.3 is 14.5 Å². The summed E-state index contributed by atoms with van der Waals surface area (Å²) >= 11 is 0. The molecular formula is C21H20FN3O5S. The Kier molecular flexibility index (Phi) is 5.50. The summed E-state index contributed by atoms with van der Waals surface area (Å²) in [6, 6.07) is 11.3. The van der Waals surface area contributed by atoms with Gasteiger partial charge in [-0.25, -0.2) is 12.8 Å². The predicted molar refractivity (Wildman–Crippen MR) is 109 cm³/mol. The van der Waals surface area contributed by atoms with E-state index >= 15 is 0 Å². The van der Waals surface area contributed by atoms with Crippen LogP contribution in [-0.2, 0) is 10.0 Å². The average Bonchev–Trinajstić information content (AvgIpc) is 2.78. The summed E-state index contributed by atoms with van der Waals surface area (Å²) in [6.07, 6.45) is 0. The van der Waals surface area contributed by atoms with E-state index in [0.29, 0.717) is 11.0 Å². The van der Waals surface area contributed by atoms with Crippen molar-refractivity contribution in [2.45, 2.75) is 11.8 Å². The molecule has 1 aromatic heterocycles. The highest BCUT2D eigenvalue weighted by molar-refractivity contribution is 7.89. The van der Waals surface area contributed by atoms with E-state index in [2.05, 4.69) is 5.16 Å². The molecule has 8 nitrogen and oxygen atoms in total. The summed E-state index contributed by atoms with van der Waals surface area (Å²) in [7, 11) is -3.78. The third-order valence-electron chi connectivity index (χ3n) is 5.20. The smallest absolute Gasteiger partial charge is 0.289 e. The number of hydrogen-bond acceptors (Lipinski definition) is 6. The van der Waals surface area contributed by atoms with Crippen LogP contribution < -0.4 is 5.36 Å². The van der Waals surface area contributed by atoms with E-state index in [1.54, 1.807) is 12.1 Å². The van der Waals surface area contributed by atoms with E-state index in [1.807, 2.05) is 13.0 Å². The van der Waals surface area contributed by atoms with Crippen LogP contribution in [0.4, 0.5) is 4.39 Å². The first-order valence-electron chi connectivity index (χ1n) is 9.57. The Labute approximate surface area is 177 Å². The molecule has 0 aliphatic carbocycles. The molecule has 1 aliphatic rings. The summed E-state index contributed by atoms with van der Waals surface area (Å²) in [5.74, 6) is -0.939. The SMILES string of the molecule is Cc1ccc2/c(=N/O)cc(C(=O)N3CCN(S(=O)(=O)c4ccc(F)cc4)CC3)oc2c1. The van der Waals surface area contributed by atoms with Gasteiger partial charge in [0, 0.05) is 37.6 Å². The van der Waals surface area contributed by atoms with Crippen LogP contribution in [-0.4, -0.2) is 54.9 Å². The van der Waals surface area contributed by atoms with Crippen molar-refractivity contribution in [2.24, 2.45) is 5.16 Å². The lowest BCUT2D eigenvalue weighted by atomic mass is 10.1. The quantitative estimate of drug-likeness (QED) is 0.492. The lowest BCUT2D eigenvalue weighted by Crippen LogP contribution is -2.50. The van der Waals surface area contributed by atoms with Gasteiger partial charge in [0.05, 0.1) is 4.90 Å². The normalized spacial score (nSPS) is 16.1. The summed E-state index contributed by atoms with van der Waals surface area (Å²) in [4.78, 5) is 14.4. The maximum Gasteiger partial charge on any atom is 0.289 e. The van der Waals surface area contributed by atoms with Crippen molar-refractivity contribution in [3.8, 4) is 0 Å². The summed E-state index contributed by atoms with van der Waals surface area (Å²) in [5.41, 5.74) is 1.33. The number of rotatable bonds is 3. The van der Waals surface area contributed by atoms with Crippen LogP contribution in [0.25, 0.3) is 11.0 Å². The van der Waals surface area contributed by atoms with E-state index in [9.17, 15) is 22.8 Å². The molecule has 0 saturated carbocycles. The highest BCUT2D eigenvalue weighted by Gasteiger charge is 2.31. The number of piperazine rings is 1. The topological polar surface area (TPSA) is 103 Å². The molecule has 1 N–H and O–H groups in total. The maximum absolute atomic E-state index is 13.1. The fraction of sp³-hybridized carbons (Fsp3) is 0.238. The second kappa shape index (κ2) is 8.12. The molecule has 4 rings (SSSR count). The molecule has 0 radical (unpaired) electrons. The molecule has 0 bridgehead atoms. The summed E-state index contributed by atoms with van der Waals surface area (Å²) in [6.45, 7) is 2.38. The van der Waals surface area contributed by atoms with Crippen molar-refractivity contribution in [3.05, 3.63) is 71.0 Å². The highest BCUT2D eigenvalue weighted by atomic mass is 32.2. The van der Waals surface area contributed by atoms with Gasteiger partial charge >= 0.3 is 0 Å². The first-order chi connectivity index (χ1) is 14.8. The van der Waals surface area contributed by atoms with E-state index in [0.717, 1.165) is 17.7 Å². The minimum absolute atomic E-state index is 0.000687. The Morgan fingerprint density at radius 2 is 1.74 bits per heavy atom. The van der Waals surface area contributed by atoms with Crippen molar-refractivity contribution < 1.29 is 27.2 Å². The van der Waals surface area contributed by atoms with E-state index in [1.165, 1.54) is 27.4 Å². The van der Waals surface area contributed by atoms with Crippen LogP contribution in [0.1, 0.15) is 16.1 Å². The van der Waals surface area contributed by atoms with Gasteiger partial charge in [0.1, 0.15) is 16.8 Å². The first-order valence-corrected chi connectivity index (χ1v) is 11.0. The standard InChI is InChI=1S/C21H20FN3O5S/c1-14-2-7-17-18(23-27)13-20(30-19(17)12-14)21(26)24-8-10-25(11-9-24)31(28,29)16-5-3-15(22)4-6-16/h2-7,12-13,27H,8-11H2,1H3/b23-18+. The molecule has 3 aromatic rings. The first kappa shape index (κ1) is 21.0. The van der Waals surface area contributed by atoms with Gasteiger partial charge in [-0.1, -0.05) is 11.2 Å². The Hall–Kier alpha value is -3.24. The second-order valence-corrected chi connectivity index (χ2v) is 9.18. The number of carbonyl (C=O) groups excluding carboxylic acids is 1. The van der Waals surface area contributed by atoms with Crippen molar-refractivity contribution >= 4 is 26.9 Å². The number of aryl methyl sites for hydroxylation is 1. The Morgan fingerprint density at radius 1 is 1.06 bits per heavy atom. The third kappa shape index (κ3) is 4.04. The van der Waals surface area contributed by atoms with Crippen molar-refractivity contribution in [2.75, 3.05) is 26.2 Å². The molecule has 0 unspecified atom stereocenters.